The number of hydrogen-bond acceptors (Lipinski definition) is 11. The van der Waals surface area contributed by atoms with Gasteiger partial charge in [0.05, 0.1) is 25.4 Å². The van der Waals surface area contributed by atoms with Crippen molar-refractivity contribution in [3.05, 3.63) is 0 Å². The van der Waals surface area contributed by atoms with Crippen molar-refractivity contribution in [2.45, 2.75) is 220 Å². The molecule has 0 bridgehead atoms. The van der Waals surface area contributed by atoms with Gasteiger partial charge in [0.1, 0.15) is 0 Å². The molecule has 0 aromatic rings. The number of amides is 2. The Morgan fingerprint density at radius 3 is 1.44 bits per heavy atom. The van der Waals surface area contributed by atoms with Gasteiger partial charge in [0.25, 0.3) is 0 Å². The zero-order valence-corrected chi connectivity index (χ0v) is 56.2. The Morgan fingerprint density at radius 2 is 0.975 bits per heavy atom. The molecule has 14 fully saturated rings. The van der Waals surface area contributed by atoms with Crippen LogP contribution in [0.4, 0.5) is 4.79 Å². The van der Waals surface area contributed by atoms with Gasteiger partial charge >= 0.3 is 6.03 Å². The SMILES string of the molecule is CN1CCN(N)CC1.C[C@H]1CC[C@@]2(OC1)O[C@H]1C[C@H]3[C@@H]4CC[C@@H]5C[C@H](N)CC[C@]5(C)[C@H]4CC[C@]3(C)[C@H]1[C@@H]2C.C[C@H]1CC[C@@]2(OC1)O[C@H]1C[C@H]3[C@@H]4CC[C@@H]5C[C@H](NC(=O)NN6CCN(C)CC6)CC[C@]5(C)[C@H]4CC[C@]3(C)[C@H]1[C@@H]2C.II. The summed E-state index contributed by atoms with van der Waals surface area (Å²) in [6.45, 7) is 30.0. The normalized spacial score (nSPS) is 52.6. The van der Waals surface area contributed by atoms with Crippen LogP contribution in [0.2, 0.25) is 0 Å². The summed E-state index contributed by atoms with van der Waals surface area (Å²) >= 11 is 4.24. The van der Waals surface area contributed by atoms with Crippen LogP contribution in [-0.4, -0.2) is 141 Å². The summed E-state index contributed by atoms with van der Waals surface area (Å²) in [6, 6.07) is 0.773. The summed E-state index contributed by atoms with van der Waals surface area (Å²) in [7, 11) is 4.26. The maximum Gasteiger partial charge on any atom is 0.329 e. The van der Waals surface area contributed by atoms with E-state index in [0.29, 0.717) is 81.5 Å². The maximum atomic E-state index is 12.8. The van der Waals surface area contributed by atoms with Crippen LogP contribution in [0.15, 0.2) is 0 Å². The van der Waals surface area contributed by atoms with Gasteiger partial charge < -0.3 is 39.8 Å². The Labute approximate surface area is 509 Å². The zero-order valence-electron chi connectivity index (χ0n) is 51.8. The molecule has 24 atom stereocenters. The standard InChI is InChI=1S/C33H56N4O3.C27H45NO2.C5H13N3.I2/c1-21-8-13-33(39-20-21)22(2)29-28(40-33)19-27-25-7-6-23-18-24(34-30(38)35-37-16-14-36(5)15-17-37)9-11-31(23,3)26(25)10-12-32(27,29)4;1-16-7-12-27(29-15-16)17(2)24-23(30-27)14-22-20-6-5-18-13-19(28)8-10-25(18,3)21(20)9-11-26(22,24)4;1-7-2-4-8(6)5-3-7;1-2/h21-29H,6-20H2,1-5H3,(H2,34,35,38);16-24H,5-15,28H2,1-4H3;2-6H2,1H3;/t21-,22-,23+,24+,25+,26-,27-,28-,29-,31-,32-,33+;16-,17-,18+,19+,20+,21-,22-,23-,24-,25-,26-,27+;;/m00../s1. The fourth-order valence-corrected chi connectivity index (χ4v) is 22.8. The molecule has 80 heavy (non-hydrogen) atoms. The number of urea groups is 1. The average molecular weight is 1340 g/mol. The fourth-order valence-electron chi connectivity index (χ4n) is 22.8. The molecule has 15 heteroatoms. The van der Waals surface area contributed by atoms with Crippen LogP contribution in [0.25, 0.3) is 0 Å². The van der Waals surface area contributed by atoms with Crippen LogP contribution in [-0.2, 0) is 18.9 Å². The third kappa shape index (κ3) is 11.2. The summed E-state index contributed by atoms with van der Waals surface area (Å²) in [5.74, 6) is 15.5. The molecule has 6 N–H and O–H groups in total. The Balaban J connectivity index is 0.000000148. The van der Waals surface area contributed by atoms with Crippen molar-refractivity contribution in [1.82, 2.24) is 30.6 Å². The van der Waals surface area contributed by atoms with Crippen molar-refractivity contribution in [3.63, 3.8) is 0 Å². The van der Waals surface area contributed by atoms with E-state index in [2.05, 4.69) is 132 Å². The summed E-state index contributed by atoms with van der Waals surface area (Å²) < 4.78 is 26.9. The molecule has 6 heterocycles. The largest absolute Gasteiger partial charge is 0.349 e. The molecule has 0 unspecified atom stereocenters. The number of nitrogens with two attached hydrogens (primary N) is 2. The molecule has 0 radical (unpaired) electrons. The van der Waals surface area contributed by atoms with E-state index in [-0.39, 0.29) is 17.6 Å². The van der Waals surface area contributed by atoms with E-state index < -0.39 is 0 Å². The van der Waals surface area contributed by atoms with E-state index in [0.717, 1.165) is 139 Å². The van der Waals surface area contributed by atoms with Crippen molar-refractivity contribution in [3.8, 4) is 0 Å². The van der Waals surface area contributed by atoms with Gasteiger partial charge in [-0.1, -0.05) is 55.4 Å². The van der Waals surface area contributed by atoms with Crippen molar-refractivity contribution < 1.29 is 23.7 Å². The molecule has 13 nitrogen and oxygen atoms in total. The number of hydrogen-bond donors (Lipinski definition) is 4. The lowest BCUT2D eigenvalue weighted by Crippen LogP contribution is -2.58. The second-order valence-electron chi connectivity index (χ2n) is 31.6. The van der Waals surface area contributed by atoms with Crippen LogP contribution in [0.3, 0.4) is 0 Å². The number of fused-ring (bicyclic) bond motifs is 14. The molecule has 0 aromatic carbocycles. The van der Waals surface area contributed by atoms with E-state index in [4.69, 9.17) is 30.5 Å². The Bertz CT molecular complexity index is 2090. The van der Waals surface area contributed by atoms with Gasteiger partial charge in [0.2, 0.25) is 0 Å². The van der Waals surface area contributed by atoms with Gasteiger partial charge in [0.15, 0.2) is 11.6 Å². The number of piperazine rings is 2. The first-order valence-electron chi connectivity index (χ1n) is 33.4. The third-order valence-electron chi connectivity index (χ3n) is 27.5. The van der Waals surface area contributed by atoms with Gasteiger partial charge in [-0.2, -0.15) is 0 Å². The van der Waals surface area contributed by atoms with Gasteiger partial charge in [-0.15, -0.1) is 0 Å². The van der Waals surface area contributed by atoms with E-state index in [1.54, 1.807) is 0 Å². The van der Waals surface area contributed by atoms with Gasteiger partial charge in [0, 0.05) is 126 Å². The van der Waals surface area contributed by atoms with Crippen molar-refractivity contribution >= 4 is 43.3 Å². The van der Waals surface area contributed by atoms with Crippen molar-refractivity contribution in [2.75, 3.05) is 79.7 Å². The highest BCUT2D eigenvalue weighted by Gasteiger charge is 2.71. The number of carbonyl (C=O) groups excluding carboxylic acids is 1. The Morgan fingerprint density at radius 1 is 0.525 bits per heavy atom. The number of likely N-dealkylation sites (N-methyl/N-ethyl adjacent to an activating group) is 2. The molecule has 14 rings (SSSR count). The lowest BCUT2D eigenvalue weighted by atomic mass is 9.44. The topological polar surface area (TPSA) is 143 Å². The molecule has 14 aliphatic rings. The second-order valence-corrected chi connectivity index (χ2v) is 31.6. The summed E-state index contributed by atoms with van der Waals surface area (Å²) in [5, 5.41) is 7.31. The third-order valence-corrected chi connectivity index (χ3v) is 27.5. The van der Waals surface area contributed by atoms with E-state index in [1.807, 2.05) is 5.01 Å². The monoisotopic (exact) mass is 1340 g/mol. The highest BCUT2D eigenvalue weighted by atomic mass is 128. The molecule has 6 saturated heterocycles. The number of nitrogens with zero attached hydrogens (tertiary/aromatic N) is 4. The fraction of sp³-hybridized carbons (Fsp3) is 0.985. The number of ether oxygens (including phenoxy) is 4. The first-order valence-corrected chi connectivity index (χ1v) is 39.7. The highest BCUT2D eigenvalue weighted by molar-refractivity contribution is 15.0. The molecular formula is C65H114I2N8O5. The minimum atomic E-state index is -0.307. The first-order chi connectivity index (χ1) is 38.2. The maximum absolute atomic E-state index is 12.8. The van der Waals surface area contributed by atoms with E-state index in [1.165, 1.54) is 103 Å². The summed E-state index contributed by atoms with van der Waals surface area (Å²) in [5.41, 5.74) is 11.3. The van der Waals surface area contributed by atoms with Crippen LogP contribution >= 0.6 is 37.2 Å². The molecule has 2 spiro atoms. The van der Waals surface area contributed by atoms with Crippen molar-refractivity contribution in [1.29, 1.82) is 0 Å². The minimum absolute atomic E-state index is 0.000986. The zero-order chi connectivity index (χ0) is 56.7. The highest BCUT2D eigenvalue weighted by Crippen LogP contribution is 2.73. The van der Waals surface area contributed by atoms with Gasteiger partial charge in [-0.3, -0.25) is 11.3 Å². The molecule has 458 valence electrons. The van der Waals surface area contributed by atoms with E-state index in [9.17, 15) is 4.79 Å². The number of carbonyl (C=O) groups is 1. The molecule has 2 amide bonds. The van der Waals surface area contributed by atoms with Crippen LogP contribution in [0.1, 0.15) is 184 Å². The molecular weight excluding hydrogens is 1230 g/mol. The minimum Gasteiger partial charge on any atom is -0.349 e. The first kappa shape index (κ1) is 62.0. The average Bonchev–Trinajstić information content (AvgIpc) is 3.81. The predicted molar refractivity (Wildman–Crippen MR) is 337 cm³/mol. The molecule has 6 aliphatic heterocycles. The van der Waals surface area contributed by atoms with Crippen LogP contribution < -0.4 is 22.3 Å². The van der Waals surface area contributed by atoms with Gasteiger partial charge in [-0.25, -0.2) is 14.8 Å². The van der Waals surface area contributed by atoms with Crippen molar-refractivity contribution in [2.24, 2.45) is 116 Å². The number of nitrogens with one attached hydrogen (secondary N) is 2. The lowest BCUT2D eigenvalue weighted by molar-refractivity contribution is -0.273. The Hall–Kier alpha value is 0.330. The summed E-state index contributed by atoms with van der Waals surface area (Å²) in [4.78, 5) is 17.4. The van der Waals surface area contributed by atoms with E-state index >= 15 is 0 Å². The van der Waals surface area contributed by atoms with Crippen LogP contribution in [0.5, 0.6) is 0 Å². The second kappa shape index (κ2) is 24.4. The van der Waals surface area contributed by atoms with Crippen LogP contribution in [0, 0.1) is 105 Å². The quantitative estimate of drug-likeness (QED) is 0.155. The lowest BCUT2D eigenvalue weighted by Gasteiger charge is -2.61. The summed E-state index contributed by atoms with van der Waals surface area (Å²) in [6.07, 6.45) is 26.7. The number of halogens is 2. The number of hydrazine groups is 2. The smallest absolute Gasteiger partial charge is 0.329 e. The van der Waals surface area contributed by atoms with Gasteiger partial charge in [-0.05, 0) is 222 Å². The molecule has 8 aliphatic carbocycles. The Kier molecular flexibility index (Phi) is 18.9. The molecule has 8 saturated carbocycles. The molecule has 0 aromatic heterocycles. The predicted octanol–water partition coefficient (Wildman–Crippen LogP) is 11.9. The number of rotatable bonds is 2.